The molecule has 0 N–H and O–H groups in total. The molecular formula is C16H14F3N5O2. The Labute approximate surface area is 146 Å². The number of halogens is 3. The van der Waals surface area contributed by atoms with E-state index in [0.717, 1.165) is 0 Å². The highest BCUT2D eigenvalue weighted by atomic mass is 19.4. The average Bonchev–Trinajstić information content (AvgIpc) is 3.13. The summed E-state index contributed by atoms with van der Waals surface area (Å²) in [6.07, 6.45) is -0.548. The SMILES string of the molecule is CC#CC(=O)N1CCC(c2cncc(-c3noc(C(F)(F)F)n3)n2)CC1. The van der Waals surface area contributed by atoms with Gasteiger partial charge >= 0.3 is 12.1 Å². The molecule has 0 spiro atoms. The molecule has 1 fully saturated rings. The summed E-state index contributed by atoms with van der Waals surface area (Å²) in [5.74, 6) is 3.22. The van der Waals surface area contributed by atoms with Crippen LogP contribution in [0.25, 0.3) is 11.5 Å². The Balaban J connectivity index is 1.73. The standard InChI is InChI=1S/C16H14F3N5O2/c1-2-3-13(25)24-6-4-10(5-7-24)11-8-20-9-12(21-11)14-22-15(26-23-14)16(17,18)19/h8-10H,4-7H2,1H3. The molecule has 0 radical (unpaired) electrons. The highest BCUT2D eigenvalue weighted by Gasteiger charge is 2.38. The highest BCUT2D eigenvalue weighted by Crippen LogP contribution is 2.30. The van der Waals surface area contributed by atoms with Crippen molar-refractivity contribution in [2.24, 2.45) is 0 Å². The molecule has 0 bridgehead atoms. The van der Waals surface area contributed by atoms with Gasteiger partial charge in [-0.15, -0.1) is 0 Å². The molecule has 10 heteroatoms. The number of likely N-dealkylation sites (tertiary alicyclic amines) is 1. The topological polar surface area (TPSA) is 85.0 Å². The van der Waals surface area contributed by atoms with Crippen LogP contribution in [0.5, 0.6) is 0 Å². The lowest BCUT2D eigenvalue weighted by Gasteiger charge is -2.30. The fraction of sp³-hybridized carbons (Fsp3) is 0.438. The van der Waals surface area contributed by atoms with Crippen molar-refractivity contribution in [3.8, 4) is 23.4 Å². The number of nitrogens with zero attached hydrogens (tertiary/aromatic N) is 5. The molecule has 0 unspecified atom stereocenters. The van der Waals surface area contributed by atoms with Crippen LogP contribution in [-0.4, -0.2) is 44.0 Å². The maximum atomic E-state index is 12.6. The Morgan fingerprint density at radius 1 is 1.27 bits per heavy atom. The second kappa shape index (κ2) is 7.11. The van der Waals surface area contributed by atoms with E-state index in [0.29, 0.717) is 31.6 Å². The highest BCUT2D eigenvalue weighted by molar-refractivity contribution is 5.93. The minimum atomic E-state index is -4.71. The molecule has 26 heavy (non-hydrogen) atoms. The predicted molar refractivity (Wildman–Crippen MR) is 82.3 cm³/mol. The number of alkyl halides is 3. The second-order valence-corrected chi connectivity index (χ2v) is 5.69. The van der Waals surface area contributed by atoms with E-state index in [1.807, 2.05) is 0 Å². The number of hydrogen-bond donors (Lipinski definition) is 0. The van der Waals surface area contributed by atoms with Gasteiger partial charge in [0, 0.05) is 25.2 Å². The van der Waals surface area contributed by atoms with Crippen molar-refractivity contribution < 1.29 is 22.5 Å². The Bertz CT molecular complexity index is 861. The van der Waals surface area contributed by atoms with Crippen LogP contribution in [0.15, 0.2) is 16.9 Å². The van der Waals surface area contributed by atoms with E-state index in [-0.39, 0.29) is 23.3 Å². The van der Waals surface area contributed by atoms with E-state index in [1.54, 1.807) is 18.0 Å². The average molecular weight is 365 g/mol. The van der Waals surface area contributed by atoms with Crippen LogP contribution in [-0.2, 0) is 11.0 Å². The molecule has 136 valence electrons. The van der Waals surface area contributed by atoms with Gasteiger partial charge in [0.05, 0.1) is 11.9 Å². The minimum Gasteiger partial charge on any atom is -0.332 e. The summed E-state index contributed by atoms with van der Waals surface area (Å²) < 4.78 is 41.9. The summed E-state index contributed by atoms with van der Waals surface area (Å²) in [4.78, 5) is 25.1. The van der Waals surface area contributed by atoms with Crippen molar-refractivity contribution in [1.82, 2.24) is 25.0 Å². The first-order valence-electron chi connectivity index (χ1n) is 7.83. The van der Waals surface area contributed by atoms with Gasteiger partial charge in [-0.25, -0.2) is 4.98 Å². The number of aromatic nitrogens is 4. The minimum absolute atomic E-state index is 0.0371. The smallest absolute Gasteiger partial charge is 0.332 e. The number of amides is 1. The Morgan fingerprint density at radius 3 is 2.62 bits per heavy atom. The summed E-state index contributed by atoms with van der Waals surface area (Å²) in [6.45, 7) is 2.67. The van der Waals surface area contributed by atoms with E-state index in [9.17, 15) is 18.0 Å². The molecule has 3 rings (SSSR count). The summed E-state index contributed by atoms with van der Waals surface area (Å²) in [6, 6.07) is 0. The predicted octanol–water partition coefficient (Wildman–Crippen LogP) is 2.27. The van der Waals surface area contributed by atoms with Crippen LogP contribution in [0.1, 0.15) is 37.3 Å². The molecule has 0 saturated carbocycles. The molecule has 0 aromatic carbocycles. The number of piperidine rings is 1. The monoisotopic (exact) mass is 365 g/mol. The van der Waals surface area contributed by atoms with Crippen LogP contribution in [0.2, 0.25) is 0 Å². The third-order valence-corrected chi connectivity index (χ3v) is 3.98. The lowest BCUT2D eigenvalue weighted by molar-refractivity contribution is -0.159. The normalized spacial score (nSPS) is 15.5. The fourth-order valence-electron chi connectivity index (χ4n) is 2.69. The van der Waals surface area contributed by atoms with Gasteiger partial charge < -0.3 is 9.42 Å². The van der Waals surface area contributed by atoms with E-state index < -0.39 is 12.1 Å². The maximum absolute atomic E-state index is 12.6. The zero-order valence-electron chi connectivity index (χ0n) is 13.7. The molecule has 7 nitrogen and oxygen atoms in total. The van der Waals surface area contributed by atoms with Crippen LogP contribution in [0, 0.1) is 11.8 Å². The van der Waals surface area contributed by atoms with Gasteiger partial charge in [0.1, 0.15) is 5.69 Å². The van der Waals surface area contributed by atoms with E-state index >= 15 is 0 Å². The summed E-state index contributed by atoms with van der Waals surface area (Å²) in [5, 5.41) is 3.32. The molecule has 3 heterocycles. The second-order valence-electron chi connectivity index (χ2n) is 5.69. The van der Waals surface area contributed by atoms with Crippen LogP contribution in [0.4, 0.5) is 13.2 Å². The summed E-state index contributed by atoms with van der Waals surface area (Å²) >= 11 is 0. The zero-order valence-corrected chi connectivity index (χ0v) is 13.7. The van der Waals surface area contributed by atoms with Crippen LogP contribution in [0.3, 0.4) is 0 Å². The van der Waals surface area contributed by atoms with Gasteiger partial charge in [-0.05, 0) is 25.7 Å². The Morgan fingerprint density at radius 2 is 2.00 bits per heavy atom. The molecule has 1 aliphatic heterocycles. The zero-order chi connectivity index (χ0) is 18.7. The first-order valence-corrected chi connectivity index (χ1v) is 7.83. The number of carbonyl (C=O) groups excluding carboxylic acids is 1. The van der Waals surface area contributed by atoms with Crippen molar-refractivity contribution in [3.63, 3.8) is 0 Å². The summed E-state index contributed by atoms with van der Waals surface area (Å²) in [7, 11) is 0. The molecule has 1 aliphatic rings. The molecular weight excluding hydrogens is 351 g/mol. The van der Waals surface area contributed by atoms with Crippen molar-refractivity contribution in [2.45, 2.75) is 31.9 Å². The number of hydrogen-bond acceptors (Lipinski definition) is 6. The van der Waals surface area contributed by atoms with Gasteiger partial charge in [0.2, 0.25) is 5.82 Å². The first kappa shape index (κ1) is 17.8. The molecule has 2 aromatic heterocycles. The number of rotatable bonds is 2. The van der Waals surface area contributed by atoms with Gasteiger partial charge in [0.25, 0.3) is 5.91 Å². The van der Waals surface area contributed by atoms with Crippen LogP contribution >= 0.6 is 0 Å². The molecule has 0 aliphatic carbocycles. The van der Waals surface area contributed by atoms with Gasteiger partial charge in [-0.1, -0.05) is 11.1 Å². The van der Waals surface area contributed by atoms with Crippen LogP contribution < -0.4 is 0 Å². The first-order chi connectivity index (χ1) is 12.4. The molecule has 1 amide bonds. The van der Waals surface area contributed by atoms with Crippen molar-refractivity contribution >= 4 is 5.91 Å². The third kappa shape index (κ3) is 3.82. The molecule has 2 aromatic rings. The lowest BCUT2D eigenvalue weighted by Crippen LogP contribution is -2.37. The maximum Gasteiger partial charge on any atom is 0.471 e. The van der Waals surface area contributed by atoms with Crippen molar-refractivity contribution in [3.05, 3.63) is 24.0 Å². The third-order valence-electron chi connectivity index (χ3n) is 3.98. The summed E-state index contributed by atoms with van der Waals surface area (Å²) in [5.41, 5.74) is 0.728. The lowest BCUT2D eigenvalue weighted by atomic mass is 9.93. The fourth-order valence-corrected chi connectivity index (χ4v) is 2.69. The van der Waals surface area contributed by atoms with Gasteiger partial charge in [-0.2, -0.15) is 18.2 Å². The number of carbonyl (C=O) groups is 1. The Kier molecular flexibility index (Phi) is 4.88. The van der Waals surface area contributed by atoms with E-state index in [1.165, 1.54) is 6.20 Å². The van der Waals surface area contributed by atoms with Gasteiger partial charge in [0.15, 0.2) is 0 Å². The van der Waals surface area contributed by atoms with E-state index in [4.69, 9.17) is 0 Å². The quantitative estimate of drug-likeness (QED) is 0.759. The van der Waals surface area contributed by atoms with Crippen molar-refractivity contribution in [1.29, 1.82) is 0 Å². The van der Waals surface area contributed by atoms with Gasteiger partial charge in [-0.3, -0.25) is 9.78 Å². The largest absolute Gasteiger partial charge is 0.471 e. The van der Waals surface area contributed by atoms with Crippen molar-refractivity contribution in [2.75, 3.05) is 13.1 Å². The van der Waals surface area contributed by atoms with E-state index in [2.05, 4.69) is 36.5 Å². The Hall–Kier alpha value is -2.96. The molecule has 1 saturated heterocycles. The molecule has 0 atom stereocenters.